The number of thiophene rings is 2. The normalized spacial score (nSPS) is 14.5. The second-order valence-corrected chi connectivity index (χ2v) is 7.86. The van der Waals surface area contributed by atoms with E-state index >= 15 is 0 Å². The van der Waals surface area contributed by atoms with Gasteiger partial charge < -0.3 is 20.3 Å². The SMILES string of the molecule is COC(=O)C1=C(C)NC(C)=C(C(=O)OC)C1c1ccc(-c2cccs2)s1.O. The number of dihydropyridines is 1. The molecule has 0 saturated heterocycles. The Balaban J connectivity index is 0.00000261. The summed E-state index contributed by atoms with van der Waals surface area (Å²) in [5.41, 5.74) is 2.22. The molecule has 8 heteroatoms. The van der Waals surface area contributed by atoms with Gasteiger partial charge in [-0.15, -0.1) is 22.7 Å². The Morgan fingerprint density at radius 2 is 1.56 bits per heavy atom. The largest absolute Gasteiger partial charge is 0.466 e. The molecular formula is C19H21NO5S2. The number of carbonyl (C=O) groups is 2. The summed E-state index contributed by atoms with van der Waals surface area (Å²) in [5, 5.41) is 5.13. The summed E-state index contributed by atoms with van der Waals surface area (Å²) in [6.45, 7) is 3.62. The summed E-state index contributed by atoms with van der Waals surface area (Å²) in [6.07, 6.45) is 0. The van der Waals surface area contributed by atoms with Crippen LogP contribution in [0.15, 0.2) is 52.2 Å². The summed E-state index contributed by atoms with van der Waals surface area (Å²) >= 11 is 3.21. The van der Waals surface area contributed by atoms with E-state index in [0.29, 0.717) is 22.5 Å². The Morgan fingerprint density at radius 1 is 0.963 bits per heavy atom. The number of ether oxygens (including phenoxy) is 2. The number of hydrogen-bond donors (Lipinski definition) is 1. The van der Waals surface area contributed by atoms with Gasteiger partial charge in [-0.2, -0.15) is 0 Å². The fraction of sp³-hybridized carbons (Fsp3) is 0.263. The predicted molar refractivity (Wildman–Crippen MR) is 107 cm³/mol. The van der Waals surface area contributed by atoms with Crippen molar-refractivity contribution < 1.29 is 24.5 Å². The number of esters is 2. The Hall–Kier alpha value is -2.42. The molecule has 144 valence electrons. The average molecular weight is 408 g/mol. The maximum atomic E-state index is 12.5. The van der Waals surface area contributed by atoms with Crippen molar-refractivity contribution in [3.05, 3.63) is 57.1 Å². The lowest BCUT2D eigenvalue weighted by Gasteiger charge is -2.29. The van der Waals surface area contributed by atoms with Crippen molar-refractivity contribution in [3.63, 3.8) is 0 Å². The first-order chi connectivity index (χ1) is 12.5. The van der Waals surface area contributed by atoms with Crippen molar-refractivity contribution in [3.8, 4) is 9.75 Å². The third-order valence-corrected chi connectivity index (χ3v) is 6.46. The highest BCUT2D eigenvalue weighted by Gasteiger charge is 2.38. The van der Waals surface area contributed by atoms with Crippen LogP contribution in [0.4, 0.5) is 0 Å². The van der Waals surface area contributed by atoms with Crippen LogP contribution in [0.2, 0.25) is 0 Å². The Kier molecular flexibility index (Phi) is 6.59. The highest BCUT2D eigenvalue weighted by Crippen LogP contribution is 2.44. The van der Waals surface area contributed by atoms with Crippen molar-refractivity contribution in [1.29, 1.82) is 0 Å². The van der Waals surface area contributed by atoms with E-state index in [-0.39, 0.29) is 5.48 Å². The second-order valence-electron chi connectivity index (χ2n) is 5.80. The third kappa shape index (κ3) is 3.83. The number of allylic oxidation sites excluding steroid dienone is 2. The van der Waals surface area contributed by atoms with Gasteiger partial charge in [0.25, 0.3) is 0 Å². The van der Waals surface area contributed by atoms with Crippen LogP contribution in [0.25, 0.3) is 9.75 Å². The van der Waals surface area contributed by atoms with Crippen LogP contribution in [0.3, 0.4) is 0 Å². The zero-order chi connectivity index (χ0) is 18.8. The van der Waals surface area contributed by atoms with E-state index < -0.39 is 17.9 Å². The van der Waals surface area contributed by atoms with Crippen LogP contribution in [-0.2, 0) is 19.1 Å². The molecule has 1 aliphatic heterocycles. The minimum absolute atomic E-state index is 0. The van der Waals surface area contributed by atoms with E-state index in [2.05, 4.69) is 5.32 Å². The van der Waals surface area contributed by atoms with E-state index in [1.54, 1.807) is 22.7 Å². The maximum Gasteiger partial charge on any atom is 0.336 e. The maximum absolute atomic E-state index is 12.5. The van der Waals surface area contributed by atoms with E-state index in [0.717, 1.165) is 14.6 Å². The van der Waals surface area contributed by atoms with Gasteiger partial charge in [-0.05, 0) is 37.4 Å². The monoisotopic (exact) mass is 407 g/mol. The van der Waals surface area contributed by atoms with Crippen LogP contribution in [-0.4, -0.2) is 31.6 Å². The molecule has 3 rings (SSSR count). The van der Waals surface area contributed by atoms with Gasteiger partial charge in [-0.3, -0.25) is 0 Å². The van der Waals surface area contributed by atoms with Crippen molar-refractivity contribution in [2.45, 2.75) is 19.8 Å². The standard InChI is InChI=1S/C19H19NO4S2.H2O/c1-10-15(18(21)23-3)17(16(11(2)20-10)19(22)24-4)14-8-7-13(26-14)12-6-5-9-25-12;/h5-9,17,20H,1-4H3;1H2. The molecule has 1 aliphatic rings. The Labute approximate surface area is 165 Å². The molecule has 3 heterocycles. The molecule has 0 amide bonds. The third-order valence-electron chi connectivity index (χ3n) is 4.25. The first-order valence-electron chi connectivity index (χ1n) is 7.96. The molecule has 2 aromatic rings. The van der Waals surface area contributed by atoms with Crippen LogP contribution in [0.5, 0.6) is 0 Å². The lowest BCUT2D eigenvalue weighted by molar-refractivity contribution is -0.137. The number of carbonyl (C=O) groups excluding carboxylic acids is 2. The van der Waals surface area contributed by atoms with Gasteiger partial charge in [0.1, 0.15) is 0 Å². The highest BCUT2D eigenvalue weighted by molar-refractivity contribution is 7.21. The lowest BCUT2D eigenvalue weighted by atomic mass is 9.84. The molecule has 0 unspecified atom stereocenters. The molecule has 0 aromatic carbocycles. The van der Waals surface area contributed by atoms with E-state index in [1.165, 1.54) is 14.2 Å². The van der Waals surface area contributed by atoms with Crippen LogP contribution < -0.4 is 5.32 Å². The molecular weight excluding hydrogens is 386 g/mol. The molecule has 0 fully saturated rings. The summed E-state index contributed by atoms with van der Waals surface area (Å²) in [5.74, 6) is -1.44. The smallest absolute Gasteiger partial charge is 0.336 e. The number of rotatable bonds is 4. The molecule has 6 nitrogen and oxygen atoms in total. The van der Waals surface area contributed by atoms with Gasteiger partial charge in [0.05, 0.1) is 31.3 Å². The van der Waals surface area contributed by atoms with Crippen molar-refractivity contribution >= 4 is 34.6 Å². The molecule has 0 spiro atoms. The molecule has 27 heavy (non-hydrogen) atoms. The predicted octanol–water partition coefficient (Wildman–Crippen LogP) is 3.23. The second kappa shape index (κ2) is 8.51. The zero-order valence-electron chi connectivity index (χ0n) is 15.4. The molecule has 2 aromatic heterocycles. The minimum Gasteiger partial charge on any atom is -0.466 e. The highest BCUT2D eigenvalue weighted by atomic mass is 32.1. The van der Waals surface area contributed by atoms with Gasteiger partial charge in [0.2, 0.25) is 0 Å². The fourth-order valence-corrected chi connectivity index (χ4v) is 5.06. The summed E-state index contributed by atoms with van der Waals surface area (Å²) in [6, 6.07) is 8.02. The molecule has 3 N–H and O–H groups in total. The topological polar surface area (TPSA) is 96.1 Å². The first kappa shape index (κ1) is 20.9. The van der Waals surface area contributed by atoms with E-state index in [9.17, 15) is 9.59 Å². The molecule has 0 saturated carbocycles. The number of nitrogens with one attached hydrogen (secondary N) is 1. The van der Waals surface area contributed by atoms with Crippen molar-refractivity contribution in [2.75, 3.05) is 14.2 Å². The van der Waals surface area contributed by atoms with Crippen molar-refractivity contribution in [2.24, 2.45) is 0 Å². The lowest BCUT2D eigenvalue weighted by Crippen LogP contribution is -2.31. The summed E-state index contributed by atoms with van der Waals surface area (Å²) in [7, 11) is 2.68. The molecule has 0 bridgehead atoms. The van der Waals surface area contributed by atoms with Gasteiger partial charge >= 0.3 is 11.9 Å². The van der Waals surface area contributed by atoms with E-state index in [1.807, 2.05) is 43.5 Å². The quantitative estimate of drug-likeness (QED) is 0.785. The molecule has 0 atom stereocenters. The first-order valence-corrected chi connectivity index (χ1v) is 9.66. The Morgan fingerprint density at radius 3 is 2.04 bits per heavy atom. The average Bonchev–Trinajstić information content (AvgIpc) is 3.31. The van der Waals surface area contributed by atoms with Crippen LogP contribution >= 0.6 is 22.7 Å². The van der Waals surface area contributed by atoms with Gasteiger partial charge in [-0.25, -0.2) is 9.59 Å². The number of methoxy groups -OCH3 is 2. The van der Waals surface area contributed by atoms with Crippen LogP contribution in [0, 0.1) is 0 Å². The van der Waals surface area contributed by atoms with Gasteiger partial charge in [-0.1, -0.05) is 6.07 Å². The van der Waals surface area contributed by atoms with Gasteiger partial charge in [0, 0.05) is 26.0 Å². The molecule has 0 radical (unpaired) electrons. The van der Waals surface area contributed by atoms with Crippen molar-refractivity contribution in [1.82, 2.24) is 5.32 Å². The van der Waals surface area contributed by atoms with E-state index in [4.69, 9.17) is 9.47 Å². The zero-order valence-corrected chi connectivity index (χ0v) is 17.0. The van der Waals surface area contributed by atoms with Crippen LogP contribution in [0.1, 0.15) is 24.6 Å². The summed E-state index contributed by atoms with van der Waals surface area (Å²) < 4.78 is 9.97. The minimum atomic E-state index is -0.519. The summed E-state index contributed by atoms with van der Waals surface area (Å²) in [4.78, 5) is 28.1. The van der Waals surface area contributed by atoms with Gasteiger partial charge in [0.15, 0.2) is 0 Å². The number of hydrogen-bond acceptors (Lipinski definition) is 7. The Bertz CT molecular complexity index is 870. The fourth-order valence-electron chi connectivity index (χ4n) is 3.10. The molecule has 0 aliphatic carbocycles.